The van der Waals surface area contributed by atoms with Crippen molar-refractivity contribution in [3.63, 3.8) is 0 Å². The summed E-state index contributed by atoms with van der Waals surface area (Å²) in [7, 11) is 0. The molecule has 120 valence electrons. The second-order valence-corrected chi connectivity index (χ2v) is 5.62. The van der Waals surface area contributed by atoms with Crippen molar-refractivity contribution in [2.45, 2.75) is 6.54 Å². The molecule has 25 heavy (non-hydrogen) atoms. The maximum Gasteiger partial charge on any atom is 0.221 e. The fourth-order valence-corrected chi connectivity index (χ4v) is 2.77. The summed E-state index contributed by atoms with van der Waals surface area (Å²) < 4.78 is 3.55. The van der Waals surface area contributed by atoms with Crippen LogP contribution in [-0.2, 0) is 6.54 Å². The molecule has 5 rings (SSSR count). The fourth-order valence-electron chi connectivity index (χ4n) is 2.77. The molecule has 0 fully saturated rings. The van der Waals surface area contributed by atoms with Crippen LogP contribution < -0.4 is 0 Å². The normalized spacial score (nSPS) is 11.4. The third kappa shape index (κ3) is 2.40. The van der Waals surface area contributed by atoms with Crippen molar-refractivity contribution in [1.29, 1.82) is 0 Å². The quantitative estimate of drug-likeness (QED) is 0.503. The zero-order chi connectivity index (χ0) is 16.6. The van der Waals surface area contributed by atoms with Crippen molar-refractivity contribution in [3.05, 3.63) is 67.0 Å². The molecular weight excluding hydrogens is 316 g/mol. The number of nitrogens with zero attached hydrogens (tertiary/aromatic N) is 8. The van der Waals surface area contributed by atoms with Gasteiger partial charge in [-0.3, -0.25) is 9.55 Å². The third-order valence-corrected chi connectivity index (χ3v) is 3.98. The molecule has 0 atom stereocenters. The van der Waals surface area contributed by atoms with E-state index in [1.54, 1.807) is 34.2 Å². The molecule has 0 amide bonds. The average Bonchev–Trinajstić information content (AvgIpc) is 3.32. The molecule has 0 aliphatic rings. The summed E-state index contributed by atoms with van der Waals surface area (Å²) in [5.74, 6) is 0.677. The van der Waals surface area contributed by atoms with Gasteiger partial charge in [0.2, 0.25) is 5.65 Å². The Morgan fingerprint density at radius 1 is 1.04 bits per heavy atom. The first kappa shape index (κ1) is 13.7. The van der Waals surface area contributed by atoms with Gasteiger partial charge in [-0.05, 0) is 23.8 Å². The molecule has 0 saturated carbocycles. The van der Waals surface area contributed by atoms with Crippen molar-refractivity contribution < 1.29 is 0 Å². The van der Waals surface area contributed by atoms with Crippen LogP contribution in [0.15, 0.2) is 61.4 Å². The van der Waals surface area contributed by atoms with Crippen LogP contribution in [0.1, 0.15) is 5.56 Å². The molecule has 8 nitrogen and oxygen atoms in total. The van der Waals surface area contributed by atoms with Gasteiger partial charge in [-0.1, -0.05) is 17.3 Å². The Balaban J connectivity index is 1.56. The van der Waals surface area contributed by atoms with E-state index in [1.165, 1.54) is 0 Å². The molecule has 4 aromatic heterocycles. The Labute approximate surface area is 141 Å². The number of hydrogen-bond acceptors (Lipinski definition) is 6. The zero-order valence-electron chi connectivity index (χ0n) is 13.1. The molecule has 0 radical (unpaired) electrons. The summed E-state index contributed by atoms with van der Waals surface area (Å²) in [6, 6.07) is 10.1. The number of benzene rings is 1. The minimum atomic E-state index is 0.520. The zero-order valence-corrected chi connectivity index (χ0v) is 13.1. The summed E-state index contributed by atoms with van der Waals surface area (Å²) in [6.45, 7) is 0.559. The van der Waals surface area contributed by atoms with Crippen LogP contribution in [0.4, 0.5) is 0 Å². The van der Waals surface area contributed by atoms with Crippen molar-refractivity contribution in [2.24, 2.45) is 0 Å². The Bertz CT molecular complexity index is 1180. The molecule has 4 heterocycles. The SMILES string of the molecule is c1cnc2ccc(Cn3nnc4ncc(-n5ccnc5)nc43)cc2c1. The highest BCUT2D eigenvalue weighted by atomic mass is 15.5. The van der Waals surface area contributed by atoms with E-state index in [0.29, 0.717) is 23.7 Å². The summed E-state index contributed by atoms with van der Waals surface area (Å²) in [6.07, 6.45) is 8.65. The van der Waals surface area contributed by atoms with Crippen LogP contribution in [0, 0.1) is 0 Å². The molecule has 0 aliphatic carbocycles. The van der Waals surface area contributed by atoms with Gasteiger partial charge in [-0.2, -0.15) is 0 Å². The third-order valence-electron chi connectivity index (χ3n) is 3.98. The van der Waals surface area contributed by atoms with Gasteiger partial charge in [0, 0.05) is 24.0 Å². The number of aromatic nitrogens is 8. The van der Waals surface area contributed by atoms with Gasteiger partial charge < -0.3 is 0 Å². The summed E-state index contributed by atoms with van der Waals surface area (Å²) in [5, 5.41) is 9.39. The molecule has 0 bridgehead atoms. The average molecular weight is 328 g/mol. The Morgan fingerprint density at radius 2 is 2.04 bits per heavy atom. The van der Waals surface area contributed by atoms with Gasteiger partial charge in [-0.25, -0.2) is 19.6 Å². The number of pyridine rings is 1. The van der Waals surface area contributed by atoms with E-state index in [1.807, 2.05) is 30.5 Å². The lowest BCUT2D eigenvalue weighted by atomic mass is 10.1. The number of fused-ring (bicyclic) bond motifs is 2. The molecule has 8 heteroatoms. The minimum Gasteiger partial charge on any atom is -0.289 e. The van der Waals surface area contributed by atoms with Crippen LogP contribution in [0.5, 0.6) is 0 Å². The lowest BCUT2D eigenvalue weighted by molar-refractivity contribution is 0.664. The smallest absolute Gasteiger partial charge is 0.221 e. The highest BCUT2D eigenvalue weighted by Crippen LogP contribution is 2.16. The predicted octanol–water partition coefficient (Wildman–Crippen LogP) is 2.00. The fraction of sp³-hybridized carbons (Fsp3) is 0.0588. The molecule has 0 saturated heterocycles. The minimum absolute atomic E-state index is 0.520. The molecule has 0 N–H and O–H groups in total. The first-order valence-corrected chi connectivity index (χ1v) is 7.75. The Kier molecular flexibility index (Phi) is 2.99. The first-order chi connectivity index (χ1) is 12.4. The second-order valence-electron chi connectivity index (χ2n) is 5.62. The first-order valence-electron chi connectivity index (χ1n) is 7.75. The van der Waals surface area contributed by atoms with E-state index in [9.17, 15) is 0 Å². The van der Waals surface area contributed by atoms with Crippen molar-refractivity contribution in [3.8, 4) is 5.82 Å². The Hall–Kier alpha value is -3.68. The molecule has 5 aromatic rings. The molecule has 0 unspecified atom stereocenters. The monoisotopic (exact) mass is 328 g/mol. The molecule has 0 spiro atoms. The lowest BCUT2D eigenvalue weighted by Crippen LogP contribution is -2.05. The summed E-state index contributed by atoms with van der Waals surface area (Å²) in [4.78, 5) is 17.3. The van der Waals surface area contributed by atoms with E-state index < -0.39 is 0 Å². The van der Waals surface area contributed by atoms with E-state index in [0.717, 1.165) is 16.5 Å². The van der Waals surface area contributed by atoms with E-state index in [4.69, 9.17) is 0 Å². The number of hydrogen-bond donors (Lipinski definition) is 0. The molecular formula is C17H12N8. The highest BCUT2D eigenvalue weighted by Gasteiger charge is 2.10. The maximum atomic E-state index is 4.62. The van der Waals surface area contributed by atoms with Crippen LogP contribution >= 0.6 is 0 Å². The van der Waals surface area contributed by atoms with Crippen LogP contribution in [-0.4, -0.2) is 39.5 Å². The predicted molar refractivity (Wildman–Crippen MR) is 91.1 cm³/mol. The van der Waals surface area contributed by atoms with Gasteiger partial charge in [0.1, 0.15) is 6.33 Å². The van der Waals surface area contributed by atoms with E-state index in [2.05, 4.69) is 36.3 Å². The van der Waals surface area contributed by atoms with Gasteiger partial charge in [-0.15, -0.1) is 5.10 Å². The molecule has 0 aliphatic heterocycles. The Morgan fingerprint density at radius 3 is 2.96 bits per heavy atom. The largest absolute Gasteiger partial charge is 0.289 e. The maximum absolute atomic E-state index is 4.62. The van der Waals surface area contributed by atoms with E-state index in [-0.39, 0.29) is 0 Å². The molecule has 1 aromatic carbocycles. The topological polar surface area (TPSA) is 87.2 Å². The van der Waals surface area contributed by atoms with Crippen LogP contribution in [0.2, 0.25) is 0 Å². The van der Waals surface area contributed by atoms with E-state index >= 15 is 0 Å². The van der Waals surface area contributed by atoms with Crippen molar-refractivity contribution in [2.75, 3.05) is 0 Å². The number of imidazole rings is 1. The van der Waals surface area contributed by atoms with Gasteiger partial charge >= 0.3 is 0 Å². The van der Waals surface area contributed by atoms with Gasteiger partial charge in [0.05, 0.1) is 18.3 Å². The van der Waals surface area contributed by atoms with Crippen molar-refractivity contribution in [1.82, 2.24) is 39.5 Å². The van der Waals surface area contributed by atoms with Gasteiger partial charge in [0.15, 0.2) is 11.5 Å². The standard InChI is InChI=1S/C17H12N8/c1-2-13-8-12(3-4-14(13)19-5-1)10-25-17-16(22-23-25)20-9-15(21-17)24-7-6-18-11-24/h1-9,11H,10H2. The second kappa shape index (κ2) is 5.45. The highest BCUT2D eigenvalue weighted by molar-refractivity contribution is 5.79. The van der Waals surface area contributed by atoms with Gasteiger partial charge in [0.25, 0.3) is 0 Å². The van der Waals surface area contributed by atoms with Crippen molar-refractivity contribution >= 4 is 22.2 Å². The van der Waals surface area contributed by atoms with Crippen LogP contribution in [0.25, 0.3) is 28.0 Å². The summed E-state index contributed by atoms with van der Waals surface area (Å²) >= 11 is 0. The van der Waals surface area contributed by atoms with Crippen LogP contribution in [0.3, 0.4) is 0 Å². The number of rotatable bonds is 3. The summed E-state index contributed by atoms with van der Waals surface area (Å²) in [5.41, 5.74) is 3.22. The lowest BCUT2D eigenvalue weighted by Gasteiger charge is -2.05.